The highest BCUT2D eigenvalue weighted by atomic mass is 35.7. The van der Waals surface area contributed by atoms with E-state index in [9.17, 15) is 5.11 Å². The van der Waals surface area contributed by atoms with Crippen molar-refractivity contribution < 1.29 is 48.1 Å². The van der Waals surface area contributed by atoms with Gasteiger partial charge in [0.25, 0.3) is 0 Å². The fraction of sp³-hybridized carbons (Fsp3) is 0.0455. The number of fused-ring (bicyclic) bond motifs is 1. The molecule has 1 heterocycles. The van der Waals surface area contributed by atoms with Gasteiger partial charge in [0.15, 0.2) is 0 Å². The number of phenolic OH excluding ortho intramolecular Hbond substituents is 1. The van der Waals surface area contributed by atoms with Crippen molar-refractivity contribution in [3.63, 3.8) is 0 Å². The van der Waals surface area contributed by atoms with Crippen LogP contribution in [0.2, 0.25) is 0 Å². The zero-order valence-corrected chi connectivity index (χ0v) is 17.0. The van der Waals surface area contributed by atoms with E-state index < -0.39 is 10.2 Å². The lowest BCUT2D eigenvalue weighted by molar-refractivity contribution is -2.00. The van der Waals surface area contributed by atoms with Crippen molar-refractivity contribution >= 4 is 16.7 Å². The Bertz CT molecular complexity index is 1210. The first-order valence-electron chi connectivity index (χ1n) is 8.91. The van der Waals surface area contributed by atoms with E-state index in [1.54, 1.807) is 25.3 Å². The monoisotopic (exact) mass is 443 g/mol. The van der Waals surface area contributed by atoms with E-state index in [2.05, 4.69) is 4.99 Å². The fourth-order valence-corrected chi connectivity index (χ4v) is 2.85. The van der Waals surface area contributed by atoms with Gasteiger partial charge in [-0.1, -0.05) is 30.3 Å². The van der Waals surface area contributed by atoms with E-state index in [0.29, 0.717) is 5.58 Å². The Morgan fingerprint density at radius 1 is 0.871 bits per heavy atom. The molecule has 160 valence electrons. The molecular formula is C22H18ClNO7. The summed E-state index contributed by atoms with van der Waals surface area (Å²) in [4.78, 5) is 3.41. The summed E-state index contributed by atoms with van der Waals surface area (Å²) < 4.78 is 45.2. The summed E-state index contributed by atoms with van der Waals surface area (Å²) in [5.41, 5.74) is 2.60. The number of benzene rings is 3. The Labute approximate surface area is 179 Å². The molecule has 1 aromatic heterocycles. The summed E-state index contributed by atoms with van der Waals surface area (Å²) in [6.07, 6.45) is 0. The number of ether oxygens (including phenoxy) is 1. The molecule has 3 aromatic carbocycles. The van der Waals surface area contributed by atoms with Gasteiger partial charge in [-0.15, -0.1) is 10.2 Å². The van der Waals surface area contributed by atoms with Crippen LogP contribution in [0.25, 0.3) is 22.3 Å². The summed E-state index contributed by atoms with van der Waals surface area (Å²) in [7, 11) is -3.30. The number of halogens is 1. The largest absolute Gasteiger partial charge is 0.508 e. The van der Waals surface area contributed by atoms with Gasteiger partial charge in [-0.2, -0.15) is 0 Å². The lowest BCUT2D eigenvalue weighted by Gasteiger charge is -2.17. The minimum atomic E-state index is -4.94. The van der Waals surface area contributed by atoms with Crippen LogP contribution in [0.1, 0.15) is 0 Å². The molecule has 0 aliphatic rings. The van der Waals surface area contributed by atoms with E-state index in [1.807, 2.05) is 60.7 Å². The van der Waals surface area contributed by atoms with Crippen LogP contribution >= 0.6 is 0 Å². The van der Waals surface area contributed by atoms with E-state index >= 15 is 0 Å². The predicted octanol–water partition coefficient (Wildman–Crippen LogP) is -1.63. The summed E-state index contributed by atoms with van der Waals surface area (Å²) in [5, 5.41) is 11.5. The van der Waals surface area contributed by atoms with Crippen molar-refractivity contribution in [1.29, 1.82) is 0 Å². The summed E-state index contributed by atoms with van der Waals surface area (Å²) in [5.74, 6) is 1.74. The number of hydrogen-bond donors (Lipinski definition) is 2. The first-order chi connectivity index (χ1) is 14.7. The molecule has 0 atom stereocenters. The lowest BCUT2D eigenvalue weighted by atomic mass is 10.1. The third-order valence-corrected chi connectivity index (χ3v) is 4.18. The molecule has 0 saturated carbocycles. The second-order valence-electron chi connectivity index (χ2n) is 6.30. The maximum absolute atomic E-state index is 9.89. The molecule has 4 rings (SSSR count). The topological polar surface area (TPSA) is 149 Å². The molecule has 0 unspecified atom stereocenters. The van der Waals surface area contributed by atoms with Gasteiger partial charge >= 0.3 is 0 Å². The fourth-order valence-electron chi connectivity index (χ4n) is 2.85. The first-order valence-corrected chi connectivity index (χ1v) is 10.1. The maximum Gasteiger partial charge on any atom is 0.218 e. The van der Waals surface area contributed by atoms with E-state index in [-0.39, 0.29) is 5.75 Å². The third kappa shape index (κ3) is 6.54. The van der Waals surface area contributed by atoms with Gasteiger partial charge in [0, 0.05) is 17.7 Å². The smallest absolute Gasteiger partial charge is 0.218 e. The van der Waals surface area contributed by atoms with Crippen molar-refractivity contribution in [1.82, 2.24) is 0 Å². The molecule has 0 saturated heterocycles. The first kappa shape index (κ1) is 22.3. The average molecular weight is 444 g/mol. The molecule has 0 aliphatic carbocycles. The highest BCUT2D eigenvalue weighted by molar-refractivity contribution is 5.79. The molecule has 0 radical (unpaired) electrons. The van der Waals surface area contributed by atoms with Crippen LogP contribution in [0.3, 0.4) is 0 Å². The van der Waals surface area contributed by atoms with Gasteiger partial charge in [-0.05, 0) is 30.3 Å². The van der Waals surface area contributed by atoms with Crippen LogP contribution in [-0.4, -0.2) is 12.2 Å². The van der Waals surface area contributed by atoms with Crippen molar-refractivity contribution in [3.8, 4) is 22.8 Å². The number of aromatic hydroxyl groups is 1. The number of methoxy groups -OCH3 is 1. The normalized spacial score (nSPS) is 11.7. The van der Waals surface area contributed by atoms with Crippen molar-refractivity contribution in [3.05, 3.63) is 84.2 Å². The Morgan fingerprint density at radius 3 is 2.13 bits per heavy atom. The number of rotatable bonds is 3. The highest BCUT2D eigenvalue weighted by Crippen LogP contribution is 2.23. The Kier molecular flexibility index (Phi) is 6.91. The molecule has 31 heavy (non-hydrogen) atoms. The Balaban J connectivity index is 0.000000491. The standard InChI is InChI=1S/C22H17NO3.ClHO4/c1-25-18-10-7-16(8-11-18)23-20-14-22(15-5-3-2-4-6-15)26-21-12-9-17(24)13-19(20)21;2-1(3,4)5/h2-14,24H,1H3;(H,2,3,4,5). The van der Waals surface area contributed by atoms with Gasteiger partial charge < -0.3 is 14.3 Å². The van der Waals surface area contributed by atoms with Crippen LogP contribution in [0.4, 0.5) is 5.69 Å². The van der Waals surface area contributed by atoms with Crippen LogP contribution in [-0.2, 0) is 0 Å². The zero-order chi connectivity index (χ0) is 22.4. The Hall–Kier alpha value is -3.40. The molecule has 4 aromatic rings. The van der Waals surface area contributed by atoms with Crippen molar-refractivity contribution in [2.24, 2.45) is 0 Å². The summed E-state index contributed by atoms with van der Waals surface area (Å²) >= 11 is 0. The highest BCUT2D eigenvalue weighted by Gasteiger charge is 2.10. The van der Waals surface area contributed by atoms with Crippen LogP contribution in [0.15, 0.2) is 83.3 Å². The number of nitrogens with one attached hydrogen (secondary N) is 1. The SMILES string of the molecule is COc1ccc([NH+]=c2cc(-c3ccccc3)oc3ccc(O)cc23)cc1.[O-][Cl+3]([O-])([O-])[O-]. The number of phenols is 1. The molecule has 0 amide bonds. The van der Waals surface area contributed by atoms with Gasteiger partial charge in [-0.25, -0.2) is 23.6 Å². The summed E-state index contributed by atoms with van der Waals surface area (Å²) in [6.45, 7) is 0. The van der Waals surface area contributed by atoms with Gasteiger partial charge in [0.1, 0.15) is 22.8 Å². The van der Waals surface area contributed by atoms with Crippen molar-refractivity contribution in [2.75, 3.05) is 7.11 Å². The second kappa shape index (κ2) is 9.61. The zero-order valence-electron chi connectivity index (χ0n) is 16.3. The molecule has 0 fully saturated rings. The Morgan fingerprint density at radius 2 is 1.52 bits per heavy atom. The van der Waals surface area contributed by atoms with E-state index in [0.717, 1.165) is 33.5 Å². The molecule has 9 heteroatoms. The quantitative estimate of drug-likeness (QED) is 0.386. The maximum atomic E-state index is 9.89. The molecule has 0 bridgehead atoms. The van der Waals surface area contributed by atoms with Crippen LogP contribution in [0, 0.1) is 10.2 Å². The van der Waals surface area contributed by atoms with Gasteiger partial charge in [0.2, 0.25) is 11.0 Å². The van der Waals surface area contributed by atoms with Gasteiger partial charge in [0.05, 0.1) is 18.6 Å². The molecule has 0 aliphatic heterocycles. The molecular weight excluding hydrogens is 426 g/mol. The van der Waals surface area contributed by atoms with E-state index in [1.165, 1.54) is 0 Å². The lowest BCUT2D eigenvalue weighted by Crippen LogP contribution is -2.70. The van der Waals surface area contributed by atoms with E-state index in [4.69, 9.17) is 27.8 Å². The minimum absolute atomic E-state index is 0.193. The minimum Gasteiger partial charge on any atom is -0.508 e. The summed E-state index contributed by atoms with van der Waals surface area (Å²) in [6, 6.07) is 24.6. The number of hydrogen-bond acceptors (Lipinski definition) is 7. The van der Waals surface area contributed by atoms with Crippen LogP contribution < -0.4 is 33.7 Å². The van der Waals surface area contributed by atoms with Crippen LogP contribution in [0.5, 0.6) is 11.5 Å². The molecule has 0 spiro atoms. The van der Waals surface area contributed by atoms with Gasteiger partial charge in [-0.3, -0.25) is 0 Å². The molecule has 8 nitrogen and oxygen atoms in total. The average Bonchev–Trinajstić information content (AvgIpc) is 2.74. The third-order valence-electron chi connectivity index (χ3n) is 4.18. The predicted molar refractivity (Wildman–Crippen MR) is 100 cm³/mol. The molecule has 2 N–H and O–H groups in total. The second-order valence-corrected chi connectivity index (χ2v) is 7.06. The van der Waals surface area contributed by atoms with Crippen molar-refractivity contribution in [2.45, 2.75) is 0 Å².